The molecule has 2 aromatic heterocycles. The van der Waals surface area contributed by atoms with Crippen molar-refractivity contribution in [3.63, 3.8) is 0 Å². The second-order valence-electron chi connectivity index (χ2n) is 2.73. The Hall–Kier alpha value is -1.14. The fourth-order valence-corrected chi connectivity index (χ4v) is 2.22. The van der Waals surface area contributed by atoms with Crippen molar-refractivity contribution >= 4 is 25.2 Å². The molecular weight excluding hydrogens is 226 g/mol. The minimum absolute atomic E-state index is 0.148. The molecule has 5 nitrogen and oxygen atoms in total. The summed E-state index contributed by atoms with van der Waals surface area (Å²) >= 11 is 0. The molecule has 0 spiro atoms. The smallest absolute Gasteiger partial charge is 0.280 e. The van der Waals surface area contributed by atoms with Crippen LogP contribution in [0.5, 0.6) is 0 Å². The molecular formula is C7H6ClN3O2S. The van der Waals surface area contributed by atoms with E-state index >= 15 is 0 Å². The van der Waals surface area contributed by atoms with Crippen LogP contribution in [0.3, 0.4) is 0 Å². The Labute approximate surface area is 84.8 Å². The zero-order valence-electron chi connectivity index (χ0n) is 7.18. The number of aryl methyl sites for hydroxylation is 1. The van der Waals surface area contributed by atoms with Gasteiger partial charge in [0.25, 0.3) is 9.05 Å². The summed E-state index contributed by atoms with van der Waals surface area (Å²) in [4.78, 5) is 7.68. The lowest BCUT2D eigenvalue weighted by Gasteiger charge is -1.93. The molecule has 0 radical (unpaired) electrons. The standard InChI is InChI=1S/C7H6ClN3O2S/c1-5-10-7(14(8,12)13)6-4-9-2-3-11(5)6/h2-4H,1H3. The quantitative estimate of drug-likeness (QED) is 0.686. The lowest BCUT2D eigenvalue weighted by molar-refractivity contribution is 0.607. The highest BCUT2D eigenvalue weighted by atomic mass is 35.7. The molecule has 0 saturated heterocycles. The Bertz CT molecular complexity index is 590. The summed E-state index contributed by atoms with van der Waals surface area (Å²) in [5, 5.41) is -0.148. The molecule has 0 amide bonds. The highest BCUT2D eigenvalue weighted by molar-refractivity contribution is 8.13. The predicted octanol–water partition coefficient (Wildman–Crippen LogP) is 0.965. The van der Waals surface area contributed by atoms with Gasteiger partial charge in [-0.05, 0) is 6.92 Å². The zero-order chi connectivity index (χ0) is 10.3. The summed E-state index contributed by atoms with van der Waals surface area (Å²) in [5.41, 5.74) is 0.389. The van der Waals surface area contributed by atoms with Crippen molar-refractivity contribution in [2.45, 2.75) is 11.9 Å². The van der Waals surface area contributed by atoms with Crippen LogP contribution in [-0.4, -0.2) is 22.8 Å². The van der Waals surface area contributed by atoms with Crippen molar-refractivity contribution in [1.29, 1.82) is 0 Å². The molecule has 0 N–H and O–H groups in total. The molecule has 0 saturated carbocycles. The Morgan fingerprint density at radius 2 is 2.21 bits per heavy atom. The summed E-state index contributed by atoms with van der Waals surface area (Å²) < 4.78 is 23.9. The SMILES string of the molecule is Cc1nc(S(=O)(=O)Cl)c2cnccn12. The van der Waals surface area contributed by atoms with Crippen LogP contribution < -0.4 is 0 Å². The van der Waals surface area contributed by atoms with Gasteiger partial charge in [-0.15, -0.1) is 0 Å². The third-order valence-corrected chi connectivity index (χ3v) is 3.02. The van der Waals surface area contributed by atoms with Crippen molar-refractivity contribution in [2.75, 3.05) is 0 Å². The van der Waals surface area contributed by atoms with Gasteiger partial charge in [0.05, 0.1) is 6.20 Å². The average molecular weight is 232 g/mol. The molecule has 0 aliphatic heterocycles. The molecule has 0 aromatic carbocycles. The van der Waals surface area contributed by atoms with Crippen molar-refractivity contribution < 1.29 is 8.42 Å². The van der Waals surface area contributed by atoms with Crippen LogP contribution in [0.4, 0.5) is 0 Å². The lowest BCUT2D eigenvalue weighted by Crippen LogP contribution is -1.92. The predicted molar refractivity (Wildman–Crippen MR) is 50.8 cm³/mol. The van der Waals surface area contributed by atoms with Gasteiger partial charge in [-0.2, -0.15) is 0 Å². The minimum Gasteiger partial charge on any atom is -0.300 e. The number of hydrogen-bond donors (Lipinski definition) is 0. The Balaban J connectivity index is 2.93. The van der Waals surface area contributed by atoms with E-state index in [-0.39, 0.29) is 5.03 Å². The second-order valence-corrected chi connectivity index (χ2v) is 5.21. The molecule has 2 rings (SSSR count). The van der Waals surface area contributed by atoms with Gasteiger partial charge in [0.2, 0.25) is 0 Å². The summed E-state index contributed by atoms with van der Waals surface area (Å²) in [6.45, 7) is 1.69. The van der Waals surface area contributed by atoms with Crippen molar-refractivity contribution in [1.82, 2.24) is 14.4 Å². The summed E-state index contributed by atoms with van der Waals surface area (Å²) in [7, 11) is 1.41. The van der Waals surface area contributed by atoms with Crippen LogP contribution in [0.15, 0.2) is 23.6 Å². The highest BCUT2D eigenvalue weighted by Gasteiger charge is 2.19. The first kappa shape index (κ1) is 9.42. The first-order valence-corrected chi connectivity index (χ1v) is 6.04. The van der Waals surface area contributed by atoms with E-state index < -0.39 is 9.05 Å². The van der Waals surface area contributed by atoms with Crippen LogP contribution in [0.1, 0.15) is 5.82 Å². The Morgan fingerprint density at radius 1 is 1.50 bits per heavy atom. The normalized spacial score (nSPS) is 12.1. The monoisotopic (exact) mass is 231 g/mol. The van der Waals surface area contributed by atoms with E-state index in [2.05, 4.69) is 9.97 Å². The van der Waals surface area contributed by atoms with E-state index in [0.29, 0.717) is 11.3 Å². The largest absolute Gasteiger partial charge is 0.300 e. The van der Waals surface area contributed by atoms with Gasteiger partial charge < -0.3 is 0 Å². The second kappa shape index (κ2) is 2.93. The fraction of sp³-hybridized carbons (Fsp3) is 0.143. The highest BCUT2D eigenvalue weighted by Crippen LogP contribution is 2.20. The molecule has 2 heterocycles. The van der Waals surface area contributed by atoms with Crippen molar-refractivity contribution in [3.05, 3.63) is 24.4 Å². The minimum atomic E-state index is -3.81. The van der Waals surface area contributed by atoms with Crippen LogP contribution in [0.2, 0.25) is 0 Å². The molecule has 0 atom stereocenters. The van der Waals surface area contributed by atoms with Gasteiger partial charge in [0.15, 0.2) is 5.03 Å². The van der Waals surface area contributed by atoms with Crippen LogP contribution in [0.25, 0.3) is 5.52 Å². The number of imidazole rings is 1. The van der Waals surface area contributed by atoms with Crippen LogP contribution in [-0.2, 0) is 9.05 Å². The first-order chi connectivity index (χ1) is 6.50. The molecule has 0 aliphatic rings. The molecule has 0 aliphatic carbocycles. The third-order valence-electron chi connectivity index (χ3n) is 1.82. The summed E-state index contributed by atoms with van der Waals surface area (Å²) in [6, 6.07) is 0. The van der Waals surface area contributed by atoms with Crippen LogP contribution in [0, 0.1) is 6.92 Å². The molecule has 0 unspecified atom stereocenters. The van der Waals surface area contributed by atoms with E-state index in [1.165, 1.54) is 6.20 Å². The van der Waals surface area contributed by atoms with Gasteiger partial charge in [0, 0.05) is 23.1 Å². The van der Waals surface area contributed by atoms with Crippen LogP contribution >= 0.6 is 10.7 Å². The van der Waals surface area contributed by atoms with Gasteiger partial charge in [-0.1, -0.05) is 0 Å². The Morgan fingerprint density at radius 3 is 2.86 bits per heavy atom. The third kappa shape index (κ3) is 1.36. The summed E-state index contributed by atoms with van der Waals surface area (Å²) in [5.74, 6) is 0.557. The summed E-state index contributed by atoms with van der Waals surface area (Å²) in [6.07, 6.45) is 4.59. The molecule has 7 heteroatoms. The van der Waals surface area contributed by atoms with E-state index in [0.717, 1.165) is 0 Å². The molecule has 2 aromatic rings. The zero-order valence-corrected chi connectivity index (χ0v) is 8.75. The number of hydrogen-bond acceptors (Lipinski definition) is 4. The molecule has 0 bridgehead atoms. The number of aromatic nitrogens is 3. The lowest BCUT2D eigenvalue weighted by atomic mass is 10.6. The van der Waals surface area contributed by atoms with Gasteiger partial charge in [-0.3, -0.25) is 9.38 Å². The molecule has 0 fully saturated rings. The number of halogens is 1. The topological polar surface area (TPSA) is 64.3 Å². The van der Waals surface area contributed by atoms with E-state index in [4.69, 9.17) is 10.7 Å². The average Bonchev–Trinajstić information content (AvgIpc) is 2.44. The van der Waals surface area contributed by atoms with Crippen molar-refractivity contribution in [3.8, 4) is 0 Å². The van der Waals surface area contributed by atoms with Crippen molar-refractivity contribution in [2.24, 2.45) is 0 Å². The maximum absolute atomic E-state index is 11.1. The van der Waals surface area contributed by atoms with E-state index in [1.54, 1.807) is 23.7 Å². The van der Waals surface area contributed by atoms with Gasteiger partial charge in [0.1, 0.15) is 11.3 Å². The van der Waals surface area contributed by atoms with E-state index in [9.17, 15) is 8.42 Å². The number of rotatable bonds is 1. The first-order valence-electron chi connectivity index (χ1n) is 3.73. The van der Waals surface area contributed by atoms with E-state index in [1.807, 2.05) is 0 Å². The molecule has 14 heavy (non-hydrogen) atoms. The number of nitrogens with zero attached hydrogens (tertiary/aromatic N) is 3. The van der Waals surface area contributed by atoms with Gasteiger partial charge in [-0.25, -0.2) is 13.4 Å². The van der Waals surface area contributed by atoms with Gasteiger partial charge >= 0.3 is 0 Å². The maximum atomic E-state index is 11.1. The fourth-order valence-electron chi connectivity index (χ4n) is 1.24. The Kier molecular flexibility index (Phi) is 1.97. The number of fused-ring (bicyclic) bond motifs is 1. The maximum Gasteiger partial charge on any atom is 0.280 e. The molecule has 74 valence electrons.